The molecule has 0 N–H and O–H groups in total. The van der Waals surface area contributed by atoms with E-state index in [1.807, 2.05) is 0 Å². The Morgan fingerprint density at radius 2 is 0.600 bits per heavy atom. The Kier molecular flexibility index (Phi) is 16.1. The van der Waals surface area contributed by atoms with Gasteiger partial charge in [-0.15, -0.1) is 0 Å². The molecule has 1 saturated heterocycles. The molecule has 2 aliphatic carbocycles. The minimum absolute atomic E-state index is 0.867. The van der Waals surface area contributed by atoms with Gasteiger partial charge >= 0.3 is 0 Å². The number of rotatable bonds is 0. The zero-order valence-electron chi connectivity index (χ0n) is 24.3. The zero-order valence-corrected chi connectivity index (χ0v) is 24.3. The van der Waals surface area contributed by atoms with Crippen LogP contribution < -0.4 is 0 Å². The highest BCUT2D eigenvalue weighted by atomic mass is 15.1. The van der Waals surface area contributed by atoms with Crippen LogP contribution in [0.2, 0.25) is 0 Å². The first-order chi connectivity index (χ1) is 17.3. The van der Waals surface area contributed by atoms with Crippen molar-refractivity contribution >= 4 is 0 Å². The third-order valence-electron chi connectivity index (χ3n) is 10.4. The first kappa shape index (κ1) is 29.5. The smallest absolute Gasteiger partial charge is 0.0121 e. The Hall–Kier alpha value is -0.0400. The van der Waals surface area contributed by atoms with E-state index in [9.17, 15) is 0 Å². The maximum absolute atomic E-state index is 2.95. The van der Waals surface area contributed by atoms with Gasteiger partial charge in [0.05, 0.1) is 0 Å². The largest absolute Gasteiger partial charge is 0.303 e. The molecule has 0 aromatic heterocycles. The van der Waals surface area contributed by atoms with Crippen molar-refractivity contribution in [3.8, 4) is 0 Å². The second kappa shape index (κ2) is 19.1. The fourth-order valence-electron chi connectivity index (χ4n) is 8.16. The number of fused-ring (bicyclic) bond motifs is 2. The van der Waals surface area contributed by atoms with E-state index in [0.717, 1.165) is 23.8 Å². The molecule has 0 aromatic carbocycles. The van der Waals surface area contributed by atoms with E-state index in [1.165, 1.54) is 186 Å². The van der Waals surface area contributed by atoms with Gasteiger partial charge in [0.15, 0.2) is 0 Å². The molecule has 1 nitrogen and oxygen atoms in total. The van der Waals surface area contributed by atoms with Gasteiger partial charge in [0.25, 0.3) is 0 Å². The maximum atomic E-state index is 2.95. The zero-order chi connectivity index (χ0) is 24.4. The molecule has 1 heterocycles. The van der Waals surface area contributed by atoms with E-state index in [4.69, 9.17) is 0 Å². The van der Waals surface area contributed by atoms with Crippen molar-refractivity contribution < 1.29 is 0 Å². The van der Waals surface area contributed by atoms with Gasteiger partial charge in [-0.1, -0.05) is 154 Å². The molecule has 4 unspecified atom stereocenters. The second-order valence-corrected chi connectivity index (χ2v) is 13.3. The van der Waals surface area contributed by atoms with Crippen LogP contribution in [-0.4, -0.2) is 24.5 Å². The van der Waals surface area contributed by atoms with Gasteiger partial charge in [0.1, 0.15) is 0 Å². The molecule has 2 saturated carbocycles. The summed E-state index contributed by atoms with van der Waals surface area (Å²) in [5.74, 6) is 2.95. The molecule has 206 valence electrons. The summed E-state index contributed by atoms with van der Waals surface area (Å²) in [7, 11) is 2.56. The Labute approximate surface area is 222 Å². The Morgan fingerprint density at radius 3 is 1.03 bits per heavy atom. The van der Waals surface area contributed by atoms with Gasteiger partial charge < -0.3 is 4.90 Å². The van der Waals surface area contributed by atoms with E-state index in [0.29, 0.717) is 0 Å². The van der Waals surface area contributed by atoms with Gasteiger partial charge in [-0.25, -0.2) is 0 Å². The molecule has 1 aliphatic heterocycles. The lowest BCUT2D eigenvalue weighted by atomic mass is 9.77. The molecule has 0 amide bonds. The van der Waals surface area contributed by atoms with E-state index in [2.05, 4.69) is 11.9 Å². The van der Waals surface area contributed by atoms with Crippen LogP contribution >= 0.6 is 0 Å². The first-order valence-electron chi connectivity index (χ1n) is 17.0. The molecule has 3 aliphatic rings. The van der Waals surface area contributed by atoms with Crippen molar-refractivity contribution in [2.45, 2.75) is 186 Å². The highest BCUT2D eigenvalue weighted by Gasteiger charge is 2.30. The summed E-state index contributed by atoms with van der Waals surface area (Å²) in [6.45, 7) is 1.41. The quantitative estimate of drug-likeness (QED) is 0.328. The molecule has 35 heavy (non-hydrogen) atoms. The normalized spacial score (nSPS) is 33.9. The van der Waals surface area contributed by atoms with E-state index in [-0.39, 0.29) is 0 Å². The van der Waals surface area contributed by atoms with Gasteiger partial charge in [-0.2, -0.15) is 0 Å². The molecule has 0 spiro atoms. The van der Waals surface area contributed by atoms with Crippen molar-refractivity contribution in [1.82, 2.24) is 4.90 Å². The predicted molar refractivity (Wildman–Crippen MR) is 156 cm³/mol. The SMILES string of the molecule is CN1CC2CCCCCCCCCCCCCC2CCCCC2CCCCCCCCCCCC21. The highest BCUT2D eigenvalue weighted by Crippen LogP contribution is 2.36. The molecule has 3 fully saturated rings. The van der Waals surface area contributed by atoms with Gasteiger partial charge in [0, 0.05) is 12.6 Å². The summed E-state index contributed by atoms with van der Waals surface area (Å²) < 4.78 is 0. The Morgan fingerprint density at radius 1 is 0.314 bits per heavy atom. The predicted octanol–water partition coefficient (Wildman–Crippen LogP) is 11.1. The lowest BCUT2D eigenvalue weighted by Crippen LogP contribution is -2.42. The van der Waals surface area contributed by atoms with Gasteiger partial charge in [-0.3, -0.25) is 0 Å². The first-order valence-corrected chi connectivity index (χ1v) is 17.0. The minimum atomic E-state index is 0.867. The van der Waals surface area contributed by atoms with Crippen LogP contribution in [0, 0.1) is 17.8 Å². The van der Waals surface area contributed by atoms with Crippen molar-refractivity contribution in [3.63, 3.8) is 0 Å². The molecular weight excluding hydrogens is 422 g/mol. The average molecular weight is 488 g/mol. The standard InChI is InChI=1S/C34H65N/c1-35-30-33-28-20-16-12-7-4-2-3-6-10-14-18-24-31(33)25-22-23-27-32-26-19-15-11-8-5-9-13-17-21-29-34(32)35/h31-34H,2-30H2,1H3. The van der Waals surface area contributed by atoms with E-state index >= 15 is 0 Å². The summed E-state index contributed by atoms with van der Waals surface area (Å²) in [6.07, 6.45) is 42.1. The maximum Gasteiger partial charge on any atom is 0.0121 e. The van der Waals surface area contributed by atoms with E-state index < -0.39 is 0 Å². The molecule has 0 aromatic rings. The second-order valence-electron chi connectivity index (χ2n) is 13.3. The number of nitrogens with zero attached hydrogens (tertiary/aromatic N) is 1. The molecule has 1 heteroatoms. The lowest BCUT2D eigenvalue weighted by Gasteiger charge is -2.40. The molecule has 4 atom stereocenters. The Balaban J connectivity index is 1.65. The summed E-state index contributed by atoms with van der Waals surface area (Å²) in [5, 5.41) is 0. The van der Waals surface area contributed by atoms with Crippen molar-refractivity contribution in [1.29, 1.82) is 0 Å². The molecule has 0 bridgehead atoms. The van der Waals surface area contributed by atoms with Crippen LogP contribution in [0.1, 0.15) is 180 Å². The van der Waals surface area contributed by atoms with Crippen LogP contribution in [0.4, 0.5) is 0 Å². The fraction of sp³-hybridized carbons (Fsp3) is 1.00. The van der Waals surface area contributed by atoms with Crippen molar-refractivity contribution in [2.75, 3.05) is 13.6 Å². The van der Waals surface area contributed by atoms with Crippen LogP contribution in [0.3, 0.4) is 0 Å². The summed E-state index contributed by atoms with van der Waals surface area (Å²) in [4.78, 5) is 2.95. The third kappa shape index (κ3) is 12.4. The van der Waals surface area contributed by atoms with Crippen molar-refractivity contribution in [2.24, 2.45) is 17.8 Å². The molecule has 0 radical (unpaired) electrons. The van der Waals surface area contributed by atoms with E-state index in [1.54, 1.807) is 0 Å². The summed E-state index contributed by atoms with van der Waals surface area (Å²) >= 11 is 0. The Bertz CT molecular complexity index is 487. The minimum Gasteiger partial charge on any atom is -0.303 e. The third-order valence-corrected chi connectivity index (χ3v) is 10.4. The lowest BCUT2D eigenvalue weighted by molar-refractivity contribution is 0.0910. The van der Waals surface area contributed by atoms with Gasteiger partial charge in [-0.05, 0) is 50.5 Å². The average Bonchev–Trinajstić information content (AvgIpc) is 2.87. The van der Waals surface area contributed by atoms with Crippen LogP contribution in [0.25, 0.3) is 0 Å². The van der Waals surface area contributed by atoms with Gasteiger partial charge in [0.2, 0.25) is 0 Å². The van der Waals surface area contributed by atoms with Crippen LogP contribution in [0.5, 0.6) is 0 Å². The summed E-state index contributed by atoms with van der Waals surface area (Å²) in [6, 6.07) is 0.867. The topological polar surface area (TPSA) is 3.24 Å². The molecular formula is C34H65N. The highest BCUT2D eigenvalue weighted by molar-refractivity contribution is 4.84. The summed E-state index contributed by atoms with van der Waals surface area (Å²) in [5.41, 5.74) is 0. The molecule has 3 rings (SSSR count). The van der Waals surface area contributed by atoms with Crippen LogP contribution in [-0.2, 0) is 0 Å². The fourth-order valence-corrected chi connectivity index (χ4v) is 8.16. The number of hydrogen-bond donors (Lipinski definition) is 0. The van der Waals surface area contributed by atoms with Crippen LogP contribution in [0.15, 0.2) is 0 Å². The van der Waals surface area contributed by atoms with Crippen molar-refractivity contribution in [3.05, 3.63) is 0 Å². The monoisotopic (exact) mass is 488 g/mol. The number of hydrogen-bond acceptors (Lipinski definition) is 1.